The van der Waals surface area contributed by atoms with Crippen LogP contribution in [0.15, 0.2) is 28.7 Å². The fourth-order valence-corrected chi connectivity index (χ4v) is 3.70. The van der Waals surface area contributed by atoms with Crippen LogP contribution in [0.5, 0.6) is 5.75 Å². The van der Waals surface area contributed by atoms with Gasteiger partial charge in [-0.3, -0.25) is 0 Å². The summed E-state index contributed by atoms with van der Waals surface area (Å²) >= 11 is 0. The highest BCUT2D eigenvalue weighted by atomic mass is 19.4. The van der Waals surface area contributed by atoms with Crippen LogP contribution in [0.4, 0.5) is 13.2 Å². The maximum absolute atomic E-state index is 12.3. The number of oxazole rings is 1. The van der Waals surface area contributed by atoms with E-state index in [0.29, 0.717) is 30.0 Å². The lowest BCUT2D eigenvalue weighted by molar-refractivity contribution is -0.274. The van der Waals surface area contributed by atoms with E-state index in [2.05, 4.69) is 9.72 Å². The molecule has 0 amide bonds. The third kappa shape index (κ3) is 7.71. The molecule has 0 radical (unpaired) electrons. The molecule has 34 heavy (non-hydrogen) atoms. The average molecular weight is 487 g/mol. The molecular weight excluding hydrogens is 459 g/mol. The zero-order valence-electron chi connectivity index (χ0n) is 19.0. The van der Waals surface area contributed by atoms with E-state index < -0.39 is 18.4 Å². The number of rotatable bonds is 11. The van der Waals surface area contributed by atoms with Crippen LogP contribution in [0.3, 0.4) is 0 Å². The Labute approximate surface area is 195 Å². The topological polar surface area (TPSA) is 100 Å². The minimum Gasteiger partial charge on any atom is -0.479 e. The number of carbonyl (C=O) groups is 1. The Morgan fingerprint density at radius 2 is 1.88 bits per heavy atom. The monoisotopic (exact) mass is 487 g/mol. The number of benzene rings is 1. The second-order valence-electron chi connectivity index (χ2n) is 7.93. The summed E-state index contributed by atoms with van der Waals surface area (Å²) in [5.74, 6) is -0.552. The molecule has 1 aliphatic carbocycles. The first-order valence-corrected chi connectivity index (χ1v) is 11.0. The number of hydrogen-bond acceptors (Lipinski definition) is 7. The first-order chi connectivity index (χ1) is 16.1. The summed E-state index contributed by atoms with van der Waals surface area (Å²) < 4.78 is 63.5. The largest absolute Gasteiger partial charge is 0.573 e. The van der Waals surface area contributed by atoms with Gasteiger partial charge >= 0.3 is 12.3 Å². The normalized spacial score (nSPS) is 19.7. The highest BCUT2D eigenvalue weighted by Gasteiger charge is 2.31. The number of ether oxygens (including phenoxy) is 4. The lowest BCUT2D eigenvalue weighted by atomic mass is 9.95. The molecule has 0 aliphatic heterocycles. The van der Waals surface area contributed by atoms with Crippen molar-refractivity contribution in [1.82, 2.24) is 4.98 Å². The van der Waals surface area contributed by atoms with Crippen LogP contribution in [0.2, 0.25) is 0 Å². The lowest BCUT2D eigenvalue weighted by Crippen LogP contribution is -2.34. The van der Waals surface area contributed by atoms with Crippen LogP contribution < -0.4 is 4.74 Å². The molecule has 1 fully saturated rings. The average Bonchev–Trinajstić information content (AvgIpc) is 3.15. The van der Waals surface area contributed by atoms with Gasteiger partial charge in [-0.05, 0) is 63.8 Å². The number of aromatic nitrogens is 1. The predicted molar refractivity (Wildman–Crippen MR) is 113 cm³/mol. The van der Waals surface area contributed by atoms with E-state index in [1.807, 2.05) is 0 Å². The van der Waals surface area contributed by atoms with Crippen molar-refractivity contribution in [3.05, 3.63) is 35.7 Å². The second-order valence-corrected chi connectivity index (χ2v) is 7.93. The van der Waals surface area contributed by atoms with Crippen molar-refractivity contribution < 1.29 is 46.4 Å². The van der Waals surface area contributed by atoms with Gasteiger partial charge in [-0.2, -0.15) is 0 Å². The Morgan fingerprint density at radius 3 is 2.50 bits per heavy atom. The Balaban J connectivity index is 1.52. The molecule has 1 N–H and O–H groups in total. The van der Waals surface area contributed by atoms with Gasteiger partial charge in [0.05, 0.1) is 25.4 Å². The number of halogens is 3. The summed E-state index contributed by atoms with van der Waals surface area (Å²) in [7, 11) is 0. The molecule has 11 heteroatoms. The van der Waals surface area contributed by atoms with Crippen molar-refractivity contribution >= 4 is 5.97 Å². The van der Waals surface area contributed by atoms with Gasteiger partial charge in [0.15, 0.2) is 6.10 Å². The SMILES string of the molecule is CCOC(COC1CCCC(OCc2nc(-c3ccc(OC(F)(F)F)cc3)oc2C)C1)C(=O)O. The maximum atomic E-state index is 12.3. The number of carboxylic acids is 1. The number of aryl methyl sites for hydroxylation is 1. The summed E-state index contributed by atoms with van der Waals surface area (Å²) in [6.07, 6.45) is -2.76. The van der Waals surface area contributed by atoms with Crippen molar-refractivity contribution in [1.29, 1.82) is 0 Å². The molecule has 1 aliphatic rings. The summed E-state index contributed by atoms with van der Waals surface area (Å²) in [5, 5.41) is 9.17. The molecule has 0 bridgehead atoms. The van der Waals surface area contributed by atoms with Crippen molar-refractivity contribution in [3.8, 4) is 17.2 Å². The molecule has 1 saturated carbocycles. The minimum atomic E-state index is -4.75. The van der Waals surface area contributed by atoms with Crippen LogP contribution in [-0.2, 0) is 25.6 Å². The summed E-state index contributed by atoms with van der Waals surface area (Å²) in [4.78, 5) is 15.6. The Hall–Kier alpha value is -2.63. The van der Waals surface area contributed by atoms with Gasteiger partial charge in [-0.1, -0.05) is 0 Å². The third-order valence-electron chi connectivity index (χ3n) is 5.39. The molecule has 8 nitrogen and oxygen atoms in total. The highest BCUT2D eigenvalue weighted by molar-refractivity contribution is 5.72. The zero-order valence-corrected chi connectivity index (χ0v) is 19.0. The second kappa shape index (κ2) is 11.7. The number of nitrogens with zero attached hydrogens (tertiary/aromatic N) is 1. The summed E-state index contributed by atoms with van der Waals surface area (Å²) in [6.45, 7) is 3.96. The Morgan fingerprint density at radius 1 is 1.21 bits per heavy atom. The van der Waals surface area contributed by atoms with E-state index in [-0.39, 0.29) is 37.1 Å². The van der Waals surface area contributed by atoms with E-state index >= 15 is 0 Å². The van der Waals surface area contributed by atoms with Gasteiger partial charge in [0.2, 0.25) is 5.89 Å². The minimum absolute atomic E-state index is 0.0148. The molecule has 3 rings (SSSR count). The van der Waals surface area contributed by atoms with Crippen LogP contribution in [-0.4, -0.2) is 53.9 Å². The highest BCUT2D eigenvalue weighted by Crippen LogP contribution is 2.29. The van der Waals surface area contributed by atoms with Crippen LogP contribution in [0, 0.1) is 6.92 Å². The van der Waals surface area contributed by atoms with E-state index in [0.717, 1.165) is 19.3 Å². The van der Waals surface area contributed by atoms with E-state index in [1.165, 1.54) is 24.3 Å². The van der Waals surface area contributed by atoms with Crippen LogP contribution in [0.25, 0.3) is 11.5 Å². The van der Waals surface area contributed by atoms with Gasteiger partial charge in [0.1, 0.15) is 17.2 Å². The number of aliphatic carboxylic acids is 1. The molecule has 3 unspecified atom stereocenters. The Bertz CT molecular complexity index is 930. The quantitative estimate of drug-likeness (QED) is 0.479. The third-order valence-corrected chi connectivity index (χ3v) is 5.39. The molecule has 188 valence electrons. The lowest BCUT2D eigenvalue weighted by Gasteiger charge is -2.29. The van der Waals surface area contributed by atoms with E-state index in [9.17, 15) is 18.0 Å². The van der Waals surface area contributed by atoms with E-state index in [4.69, 9.17) is 23.7 Å². The van der Waals surface area contributed by atoms with E-state index in [1.54, 1.807) is 13.8 Å². The molecule has 0 saturated heterocycles. The fraction of sp³-hybridized carbons (Fsp3) is 0.565. The molecule has 3 atom stereocenters. The van der Waals surface area contributed by atoms with Gasteiger partial charge in [-0.25, -0.2) is 9.78 Å². The van der Waals surface area contributed by atoms with Gasteiger partial charge < -0.3 is 28.5 Å². The first kappa shape index (κ1) is 26.0. The maximum Gasteiger partial charge on any atom is 0.573 e. The zero-order chi connectivity index (χ0) is 24.7. The molecule has 1 aromatic carbocycles. The smallest absolute Gasteiger partial charge is 0.479 e. The molecule has 0 spiro atoms. The number of alkyl halides is 3. The van der Waals surface area contributed by atoms with Gasteiger partial charge in [-0.15, -0.1) is 13.2 Å². The summed E-state index contributed by atoms with van der Waals surface area (Å²) in [6, 6.07) is 5.27. The standard InChI is InChI=1S/C23H28F3NO7/c1-3-30-20(22(28)29)13-32-18-6-4-5-17(11-18)31-12-19-14(2)33-21(27-19)15-7-9-16(10-8-15)34-23(24,25)26/h7-10,17-18,20H,3-6,11-13H2,1-2H3,(H,28,29). The molecule has 1 aromatic heterocycles. The number of hydrogen-bond donors (Lipinski definition) is 1. The van der Waals surface area contributed by atoms with Crippen LogP contribution >= 0.6 is 0 Å². The first-order valence-electron chi connectivity index (χ1n) is 11.0. The van der Waals surface area contributed by atoms with Crippen molar-refractivity contribution in [2.24, 2.45) is 0 Å². The van der Waals surface area contributed by atoms with Crippen molar-refractivity contribution in [3.63, 3.8) is 0 Å². The molecular formula is C23H28F3NO7. The Kier molecular flexibility index (Phi) is 8.92. The fourth-order valence-electron chi connectivity index (χ4n) is 3.70. The molecule has 1 heterocycles. The van der Waals surface area contributed by atoms with Crippen LogP contribution in [0.1, 0.15) is 44.1 Å². The van der Waals surface area contributed by atoms with Crippen molar-refractivity contribution in [2.75, 3.05) is 13.2 Å². The predicted octanol–water partition coefficient (Wildman–Crippen LogP) is 4.88. The van der Waals surface area contributed by atoms with Crippen molar-refractivity contribution in [2.45, 2.75) is 70.8 Å². The molecule has 2 aromatic rings. The van der Waals surface area contributed by atoms with Gasteiger partial charge in [0, 0.05) is 12.2 Å². The number of carboxylic acid groups (broad SMARTS) is 1. The van der Waals surface area contributed by atoms with Gasteiger partial charge in [0.25, 0.3) is 0 Å². The summed E-state index contributed by atoms with van der Waals surface area (Å²) in [5.41, 5.74) is 1.10.